The van der Waals surface area contributed by atoms with Gasteiger partial charge in [-0.25, -0.2) is 4.98 Å². The SMILES string of the molecule is O=C(Cn1cnc2sccc2c1=O)N1CCN(c2ccccc2Cl)CC1. The average Bonchev–Trinajstić information content (AvgIpc) is 3.14. The summed E-state index contributed by atoms with van der Waals surface area (Å²) in [5.41, 5.74) is 0.823. The molecule has 0 unspecified atom stereocenters. The first-order chi connectivity index (χ1) is 12.6. The maximum absolute atomic E-state index is 12.6. The van der Waals surface area contributed by atoms with E-state index in [-0.39, 0.29) is 18.0 Å². The van der Waals surface area contributed by atoms with Crippen molar-refractivity contribution in [2.75, 3.05) is 31.1 Å². The lowest BCUT2D eigenvalue weighted by Gasteiger charge is -2.36. The summed E-state index contributed by atoms with van der Waals surface area (Å²) in [6.45, 7) is 2.65. The minimum atomic E-state index is -0.167. The van der Waals surface area contributed by atoms with E-state index in [0.29, 0.717) is 41.4 Å². The van der Waals surface area contributed by atoms with Gasteiger partial charge in [0.25, 0.3) is 5.56 Å². The van der Waals surface area contributed by atoms with Crippen LogP contribution in [0.5, 0.6) is 0 Å². The first-order valence-electron chi connectivity index (χ1n) is 8.33. The molecule has 1 amide bonds. The van der Waals surface area contributed by atoms with Crippen LogP contribution in [0.1, 0.15) is 0 Å². The summed E-state index contributed by atoms with van der Waals surface area (Å²) in [4.78, 5) is 33.9. The molecule has 134 valence electrons. The fourth-order valence-corrected chi connectivity index (χ4v) is 4.14. The van der Waals surface area contributed by atoms with Crippen LogP contribution in [0.4, 0.5) is 5.69 Å². The van der Waals surface area contributed by atoms with Gasteiger partial charge < -0.3 is 9.80 Å². The Morgan fingerprint density at radius 1 is 1.15 bits per heavy atom. The van der Waals surface area contributed by atoms with E-state index >= 15 is 0 Å². The zero-order chi connectivity index (χ0) is 18.1. The van der Waals surface area contributed by atoms with Gasteiger partial charge in [-0.2, -0.15) is 0 Å². The number of piperazine rings is 1. The van der Waals surface area contributed by atoms with E-state index < -0.39 is 0 Å². The van der Waals surface area contributed by atoms with Crippen LogP contribution in [-0.4, -0.2) is 46.5 Å². The van der Waals surface area contributed by atoms with Crippen LogP contribution >= 0.6 is 22.9 Å². The van der Waals surface area contributed by atoms with Gasteiger partial charge in [0.1, 0.15) is 11.4 Å². The maximum atomic E-state index is 12.6. The normalized spacial score (nSPS) is 14.8. The summed E-state index contributed by atoms with van der Waals surface area (Å²) >= 11 is 7.67. The number of carbonyl (C=O) groups is 1. The molecule has 1 aromatic carbocycles. The second-order valence-electron chi connectivity index (χ2n) is 6.14. The van der Waals surface area contributed by atoms with E-state index in [1.54, 1.807) is 11.0 Å². The van der Waals surface area contributed by atoms with Crippen molar-refractivity contribution in [3.8, 4) is 0 Å². The third-order valence-corrected chi connectivity index (χ3v) is 5.72. The van der Waals surface area contributed by atoms with E-state index in [1.165, 1.54) is 22.2 Å². The molecule has 2 aromatic heterocycles. The van der Waals surface area contributed by atoms with E-state index in [2.05, 4.69) is 9.88 Å². The highest BCUT2D eigenvalue weighted by molar-refractivity contribution is 7.16. The van der Waals surface area contributed by atoms with Crippen LogP contribution in [0.15, 0.2) is 46.8 Å². The predicted octanol–water partition coefficient (Wildman–Crippen LogP) is 2.46. The Morgan fingerprint density at radius 3 is 2.69 bits per heavy atom. The number of hydrogen-bond acceptors (Lipinski definition) is 5. The van der Waals surface area contributed by atoms with Crippen molar-refractivity contribution in [2.24, 2.45) is 0 Å². The number of thiophene rings is 1. The molecular formula is C18H17ClN4O2S. The number of carbonyl (C=O) groups excluding carboxylic acids is 1. The minimum absolute atomic E-state index is 0.0176. The van der Waals surface area contributed by atoms with Gasteiger partial charge in [-0.05, 0) is 23.6 Å². The quantitative estimate of drug-likeness (QED) is 0.691. The number of fused-ring (bicyclic) bond motifs is 1. The fourth-order valence-electron chi connectivity index (χ4n) is 3.16. The van der Waals surface area contributed by atoms with Crippen LogP contribution < -0.4 is 10.5 Å². The van der Waals surface area contributed by atoms with Gasteiger partial charge >= 0.3 is 0 Å². The van der Waals surface area contributed by atoms with Crippen molar-refractivity contribution in [1.82, 2.24) is 14.5 Å². The maximum Gasteiger partial charge on any atom is 0.262 e. The Balaban J connectivity index is 1.43. The molecule has 0 saturated carbocycles. The molecule has 4 rings (SSSR count). The predicted molar refractivity (Wildman–Crippen MR) is 104 cm³/mol. The van der Waals surface area contributed by atoms with E-state index in [1.807, 2.05) is 29.6 Å². The highest BCUT2D eigenvalue weighted by Crippen LogP contribution is 2.26. The van der Waals surface area contributed by atoms with Gasteiger partial charge in [-0.15, -0.1) is 11.3 Å². The van der Waals surface area contributed by atoms with Gasteiger partial charge in [0.15, 0.2) is 0 Å². The smallest absolute Gasteiger partial charge is 0.262 e. The number of amides is 1. The molecule has 0 bridgehead atoms. The van der Waals surface area contributed by atoms with Crippen molar-refractivity contribution in [2.45, 2.75) is 6.54 Å². The monoisotopic (exact) mass is 388 g/mol. The van der Waals surface area contributed by atoms with E-state index in [4.69, 9.17) is 11.6 Å². The molecule has 6 nitrogen and oxygen atoms in total. The number of para-hydroxylation sites is 1. The van der Waals surface area contributed by atoms with Crippen molar-refractivity contribution < 1.29 is 4.79 Å². The summed E-state index contributed by atoms with van der Waals surface area (Å²) in [5.74, 6) is -0.0673. The van der Waals surface area contributed by atoms with Gasteiger partial charge in [-0.1, -0.05) is 23.7 Å². The third-order valence-electron chi connectivity index (χ3n) is 4.58. The standard InChI is InChI=1S/C18H17ClN4O2S/c19-14-3-1-2-4-15(14)21-6-8-22(9-7-21)16(24)11-23-12-20-17-13(18(23)25)5-10-26-17/h1-5,10,12H,6-9,11H2. The Morgan fingerprint density at radius 2 is 1.92 bits per heavy atom. The summed E-state index contributed by atoms with van der Waals surface area (Å²) in [7, 11) is 0. The number of rotatable bonds is 3. The minimum Gasteiger partial charge on any atom is -0.367 e. The molecular weight excluding hydrogens is 372 g/mol. The van der Waals surface area contributed by atoms with Gasteiger partial charge in [0, 0.05) is 26.2 Å². The Kier molecular flexibility index (Phi) is 4.65. The van der Waals surface area contributed by atoms with Gasteiger partial charge in [-0.3, -0.25) is 14.2 Å². The second kappa shape index (κ2) is 7.09. The topological polar surface area (TPSA) is 58.4 Å². The highest BCUT2D eigenvalue weighted by atomic mass is 35.5. The lowest BCUT2D eigenvalue weighted by molar-refractivity contribution is -0.132. The van der Waals surface area contributed by atoms with Crippen LogP contribution in [0, 0.1) is 0 Å². The summed E-state index contributed by atoms with van der Waals surface area (Å²) in [6.07, 6.45) is 1.46. The third kappa shape index (κ3) is 3.20. The highest BCUT2D eigenvalue weighted by Gasteiger charge is 2.23. The molecule has 1 aliphatic heterocycles. The lowest BCUT2D eigenvalue weighted by atomic mass is 10.2. The molecule has 0 radical (unpaired) electrons. The summed E-state index contributed by atoms with van der Waals surface area (Å²) < 4.78 is 1.39. The van der Waals surface area contributed by atoms with Crippen LogP contribution in [-0.2, 0) is 11.3 Å². The molecule has 1 fully saturated rings. The molecule has 0 aliphatic carbocycles. The lowest BCUT2D eigenvalue weighted by Crippen LogP contribution is -2.50. The number of aromatic nitrogens is 2. The summed E-state index contributed by atoms with van der Waals surface area (Å²) in [5, 5.41) is 3.11. The first kappa shape index (κ1) is 17.1. The van der Waals surface area contributed by atoms with E-state index in [9.17, 15) is 9.59 Å². The zero-order valence-electron chi connectivity index (χ0n) is 14.0. The van der Waals surface area contributed by atoms with Crippen LogP contribution in [0.3, 0.4) is 0 Å². The number of anilines is 1. The Hall–Kier alpha value is -2.38. The van der Waals surface area contributed by atoms with Crippen molar-refractivity contribution in [3.63, 3.8) is 0 Å². The van der Waals surface area contributed by atoms with Crippen molar-refractivity contribution in [1.29, 1.82) is 0 Å². The molecule has 1 aliphatic rings. The largest absolute Gasteiger partial charge is 0.367 e. The Bertz CT molecular complexity index is 1010. The van der Waals surface area contributed by atoms with Gasteiger partial charge in [0.05, 0.1) is 22.4 Å². The zero-order valence-corrected chi connectivity index (χ0v) is 15.5. The van der Waals surface area contributed by atoms with Crippen LogP contribution in [0.25, 0.3) is 10.2 Å². The van der Waals surface area contributed by atoms with Gasteiger partial charge in [0.2, 0.25) is 5.91 Å². The van der Waals surface area contributed by atoms with Crippen LogP contribution in [0.2, 0.25) is 5.02 Å². The first-order valence-corrected chi connectivity index (χ1v) is 9.59. The molecule has 3 aromatic rings. The second-order valence-corrected chi connectivity index (χ2v) is 7.44. The molecule has 3 heterocycles. The average molecular weight is 389 g/mol. The Labute approximate surface area is 159 Å². The number of benzene rings is 1. The number of nitrogens with zero attached hydrogens (tertiary/aromatic N) is 4. The number of halogens is 1. The molecule has 0 atom stereocenters. The molecule has 26 heavy (non-hydrogen) atoms. The van der Waals surface area contributed by atoms with E-state index in [0.717, 1.165) is 5.69 Å². The molecule has 1 saturated heterocycles. The molecule has 8 heteroatoms. The fraction of sp³-hybridized carbons (Fsp3) is 0.278. The van der Waals surface area contributed by atoms with Crippen molar-refractivity contribution >= 4 is 44.7 Å². The number of hydrogen-bond donors (Lipinski definition) is 0. The molecule has 0 N–H and O–H groups in total. The van der Waals surface area contributed by atoms with Crippen molar-refractivity contribution in [3.05, 3.63) is 57.4 Å². The molecule has 0 spiro atoms. The summed E-state index contributed by atoms with van der Waals surface area (Å²) in [6, 6.07) is 9.47.